The monoisotopic (exact) mass is 385 g/mol. The van der Waals surface area contributed by atoms with Gasteiger partial charge in [-0.05, 0) is 31.0 Å². The summed E-state index contributed by atoms with van der Waals surface area (Å²) in [5, 5.41) is 7.04. The lowest BCUT2D eigenvalue weighted by Gasteiger charge is -2.35. The fourth-order valence-corrected chi connectivity index (χ4v) is 3.88. The number of benzene rings is 1. The predicted octanol–water partition coefficient (Wildman–Crippen LogP) is 0.238. The van der Waals surface area contributed by atoms with Gasteiger partial charge >= 0.3 is 0 Å². The highest BCUT2D eigenvalue weighted by atomic mass is 16.5. The maximum absolute atomic E-state index is 12.7. The maximum Gasteiger partial charge on any atom is 0.258 e. The van der Waals surface area contributed by atoms with Crippen LogP contribution in [0, 0.1) is 5.92 Å². The Morgan fingerprint density at radius 2 is 2.25 bits per heavy atom. The summed E-state index contributed by atoms with van der Waals surface area (Å²) in [5.41, 5.74) is 0.546. The number of carbonyl (C=O) groups is 1. The van der Waals surface area contributed by atoms with Crippen LogP contribution in [0.4, 0.5) is 0 Å². The summed E-state index contributed by atoms with van der Waals surface area (Å²) in [5.74, 6) is 0.997. The van der Waals surface area contributed by atoms with Crippen LogP contribution in [-0.4, -0.2) is 65.7 Å². The summed E-state index contributed by atoms with van der Waals surface area (Å²) >= 11 is 0. The van der Waals surface area contributed by atoms with Gasteiger partial charge in [-0.15, -0.1) is 0 Å². The number of H-pyrrole nitrogens is 1. The Kier molecular flexibility index (Phi) is 5.70. The van der Waals surface area contributed by atoms with Crippen molar-refractivity contribution in [2.24, 2.45) is 5.92 Å². The number of carbonyl (C=O) groups excluding carboxylic acids is 1. The van der Waals surface area contributed by atoms with Gasteiger partial charge in [0.15, 0.2) is 0 Å². The third-order valence-electron chi connectivity index (χ3n) is 5.63. The molecule has 0 spiro atoms. The molecule has 3 atom stereocenters. The van der Waals surface area contributed by atoms with Crippen molar-refractivity contribution < 1.29 is 9.53 Å². The molecular weight excluding hydrogens is 358 g/mol. The molecule has 2 aromatic rings. The van der Waals surface area contributed by atoms with E-state index in [0.717, 1.165) is 19.5 Å². The number of rotatable bonds is 4. The summed E-state index contributed by atoms with van der Waals surface area (Å²) in [6, 6.07) is 7.44. The van der Waals surface area contributed by atoms with Crippen molar-refractivity contribution >= 4 is 16.8 Å². The number of amides is 1. The summed E-state index contributed by atoms with van der Waals surface area (Å²) in [7, 11) is 0. The first-order valence-electron chi connectivity index (χ1n) is 9.93. The Morgan fingerprint density at radius 1 is 1.39 bits per heavy atom. The van der Waals surface area contributed by atoms with Crippen LogP contribution in [0.25, 0.3) is 10.9 Å². The number of morpholine rings is 1. The van der Waals surface area contributed by atoms with Gasteiger partial charge in [0.25, 0.3) is 11.5 Å². The van der Waals surface area contributed by atoms with Crippen LogP contribution in [-0.2, 0) is 16.1 Å². The van der Waals surface area contributed by atoms with E-state index in [1.165, 1.54) is 0 Å². The van der Waals surface area contributed by atoms with E-state index in [1.807, 2.05) is 18.2 Å². The minimum Gasteiger partial charge on any atom is -0.366 e. The number of nitrogens with one attached hydrogen (secondary N) is 3. The van der Waals surface area contributed by atoms with E-state index in [9.17, 15) is 9.59 Å². The number of piperidine rings is 1. The van der Waals surface area contributed by atoms with Gasteiger partial charge in [0, 0.05) is 25.7 Å². The van der Waals surface area contributed by atoms with Crippen molar-refractivity contribution in [2.45, 2.75) is 32.0 Å². The fourth-order valence-electron chi connectivity index (χ4n) is 3.88. The molecule has 8 nitrogen and oxygen atoms in total. The van der Waals surface area contributed by atoms with E-state index in [1.54, 1.807) is 6.07 Å². The molecule has 2 aliphatic heterocycles. The molecule has 2 aliphatic rings. The first-order chi connectivity index (χ1) is 13.6. The molecule has 8 heteroatoms. The molecule has 1 amide bonds. The second kappa shape index (κ2) is 8.38. The quantitative estimate of drug-likeness (QED) is 0.697. The third kappa shape index (κ3) is 4.24. The fraction of sp³-hybridized carbons (Fsp3) is 0.550. The molecule has 2 saturated heterocycles. The Hall–Kier alpha value is -2.29. The van der Waals surface area contributed by atoms with Crippen LogP contribution >= 0.6 is 0 Å². The number of nitrogens with zero attached hydrogens (tertiary/aromatic N) is 2. The lowest BCUT2D eigenvalue weighted by molar-refractivity contribution is -0.140. The first-order valence-corrected chi connectivity index (χ1v) is 9.93. The van der Waals surface area contributed by atoms with E-state index < -0.39 is 6.10 Å². The Balaban J connectivity index is 1.40. The van der Waals surface area contributed by atoms with Gasteiger partial charge < -0.3 is 20.4 Å². The van der Waals surface area contributed by atoms with Gasteiger partial charge in [-0.25, -0.2) is 4.98 Å². The van der Waals surface area contributed by atoms with E-state index >= 15 is 0 Å². The highest BCUT2D eigenvalue weighted by Crippen LogP contribution is 2.14. The zero-order chi connectivity index (χ0) is 19.5. The molecule has 1 aromatic heterocycles. The van der Waals surface area contributed by atoms with Crippen molar-refractivity contribution in [3.05, 3.63) is 40.4 Å². The summed E-state index contributed by atoms with van der Waals surface area (Å²) in [6.45, 7) is 6.10. The number of aromatic amines is 1. The van der Waals surface area contributed by atoms with Gasteiger partial charge in [-0.2, -0.15) is 0 Å². The molecule has 3 heterocycles. The van der Waals surface area contributed by atoms with Crippen LogP contribution in [0.15, 0.2) is 29.1 Å². The molecule has 0 saturated carbocycles. The highest BCUT2D eigenvalue weighted by Gasteiger charge is 2.30. The molecule has 150 valence electrons. The molecular formula is C20H27N5O3. The summed E-state index contributed by atoms with van der Waals surface area (Å²) in [6.07, 6.45) is 0.555. The van der Waals surface area contributed by atoms with Gasteiger partial charge in [0.05, 0.1) is 24.1 Å². The number of ether oxygens (including phenoxy) is 1. The number of hydrogen-bond acceptors (Lipinski definition) is 6. The predicted molar refractivity (Wildman–Crippen MR) is 106 cm³/mol. The van der Waals surface area contributed by atoms with Crippen molar-refractivity contribution in [1.82, 2.24) is 25.5 Å². The normalized spacial score (nSPS) is 26.2. The maximum atomic E-state index is 12.7. The standard InChI is InChI=1S/C20H27N5O3/c1-13-6-7-21-10-16(13)23-20(27)17-11-25(8-9-28-17)12-18-22-15-5-3-2-4-14(15)19(26)24-18/h2-5,13,16-17,21H,6-12H2,1H3,(H,23,27)(H,22,24,26). The molecule has 3 unspecified atom stereocenters. The Bertz CT molecular complexity index is 899. The molecule has 4 rings (SSSR count). The smallest absolute Gasteiger partial charge is 0.258 e. The van der Waals surface area contributed by atoms with Crippen molar-refractivity contribution in [2.75, 3.05) is 32.8 Å². The second-order valence-corrected chi connectivity index (χ2v) is 7.71. The average Bonchev–Trinajstić information content (AvgIpc) is 2.70. The van der Waals surface area contributed by atoms with E-state index in [2.05, 4.69) is 32.4 Å². The summed E-state index contributed by atoms with van der Waals surface area (Å²) in [4.78, 5) is 34.4. The lowest BCUT2D eigenvalue weighted by atomic mass is 9.94. The van der Waals surface area contributed by atoms with E-state index in [4.69, 9.17) is 4.74 Å². The number of hydrogen-bond donors (Lipinski definition) is 3. The molecule has 0 aliphatic carbocycles. The zero-order valence-corrected chi connectivity index (χ0v) is 16.1. The van der Waals surface area contributed by atoms with Crippen LogP contribution in [0.3, 0.4) is 0 Å². The largest absolute Gasteiger partial charge is 0.366 e. The van der Waals surface area contributed by atoms with Crippen LogP contribution in [0.2, 0.25) is 0 Å². The van der Waals surface area contributed by atoms with Gasteiger partial charge in [0.2, 0.25) is 0 Å². The highest BCUT2D eigenvalue weighted by molar-refractivity contribution is 5.81. The lowest BCUT2D eigenvalue weighted by Crippen LogP contribution is -2.56. The van der Waals surface area contributed by atoms with Crippen LogP contribution < -0.4 is 16.2 Å². The summed E-state index contributed by atoms with van der Waals surface area (Å²) < 4.78 is 5.71. The van der Waals surface area contributed by atoms with Crippen molar-refractivity contribution in [1.29, 1.82) is 0 Å². The SMILES string of the molecule is CC1CCNCC1NC(=O)C1CN(Cc2nc3ccccc3c(=O)[nH]2)CCO1. The Labute approximate surface area is 163 Å². The van der Waals surface area contributed by atoms with Crippen molar-refractivity contribution in [3.63, 3.8) is 0 Å². The topological polar surface area (TPSA) is 99.4 Å². The van der Waals surface area contributed by atoms with Gasteiger partial charge in [0.1, 0.15) is 11.9 Å². The van der Waals surface area contributed by atoms with Crippen LogP contribution in [0.1, 0.15) is 19.2 Å². The molecule has 0 bridgehead atoms. The third-order valence-corrected chi connectivity index (χ3v) is 5.63. The van der Waals surface area contributed by atoms with Crippen LogP contribution in [0.5, 0.6) is 0 Å². The number of fused-ring (bicyclic) bond motifs is 1. The second-order valence-electron chi connectivity index (χ2n) is 7.71. The first kappa shape index (κ1) is 19.0. The molecule has 28 heavy (non-hydrogen) atoms. The molecule has 3 N–H and O–H groups in total. The average molecular weight is 385 g/mol. The van der Waals surface area contributed by atoms with E-state index in [0.29, 0.717) is 48.9 Å². The van der Waals surface area contributed by atoms with Gasteiger partial charge in [-0.1, -0.05) is 19.1 Å². The number of aromatic nitrogens is 2. The van der Waals surface area contributed by atoms with Gasteiger partial charge in [-0.3, -0.25) is 14.5 Å². The Morgan fingerprint density at radius 3 is 3.11 bits per heavy atom. The molecule has 2 fully saturated rings. The van der Waals surface area contributed by atoms with Crippen molar-refractivity contribution in [3.8, 4) is 0 Å². The minimum absolute atomic E-state index is 0.0646. The van der Waals surface area contributed by atoms with E-state index in [-0.39, 0.29) is 17.5 Å². The minimum atomic E-state index is -0.505. The number of para-hydroxylation sites is 1. The zero-order valence-electron chi connectivity index (χ0n) is 16.1. The molecule has 1 aromatic carbocycles. The molecule has 0 radical (unpaired) electrons.